The van der Waals surface area contributed by atoms with E-state index in [1.54, 1.807) is 18.5 Å². The van der Waals surface area contributed by atoms with Crippen molar-refractivity contribution in [3.05, 3.63) is 84.7 Å². The third-order valence-electron chi connectivity index (χ3n) is 3.61. The van der Waals surface area contributed by atoms with Crippen LogP contribution in [0.5, 0.6) is 0 Å². The number of nitriles is 1. The lowest BCUT2D eigenvalue weighted by Gasteiger charge is -2.08. The van der Waals surface area contributed by atoms with E-state index in [4.69, 9.17) is 5.26 Å². The van der Waals surface area contributed by atoms with Gasteiger partial charge >= 0.3 is 0 Å². The number of benzene rings is 2. The van der Waals surface area contributed by atoms with Gasteiger partial charge in [0.1, 0.15) is 0 Å². The van der Waals surface area contributed by atoms with Crippen molar-refractivity contribution >= 4 is 22.4 Å². The number of pyridine rings is 1. The van der Waals surface area contributed by atoms with Crippen molar-refractivity contribution in [3.8, 4) is 6.19 Å². The van der Waals surface area contributed by atoms with Crippen LogP contribution in [-0.4, -0.2) is 15.2 Å². The normalized spacial score (nSPS) is 12.0. The third kappa shape index (κ3) is 5.23. The van der Waals surface area contributed by atoms with Crippen LogP contribution in [0.3, 0.4) is 0 Å². The van der Waals surface area contributed by atoms with Crippen molar-refractivity contribution in [1.82, 2.24) is 10.3 Å². The summed E-state index contributed by atoms with van der Waals surface area (Å²) in [5, 5.41) is 14.4. The van der Waals surface area contributed by atoms with Crippen molar-refractivity contribution in [3.63, 3.8) is 0 Å². The van der Waals surface area contributed by atoms with E-state index in [2.05, 4.69) is 20.6 Å². The zero-order chi connectivity index (χ0) is 18.9. The SMILES string of the molecule is N#CNC(=NCc1ccc(S(=O)c2ccccc2)cc1)Nc1cccnc1. The average molecular weight is 375 g/mol. The molecule has 1 aromatic heterocycles. The fourth-order valence-electron chi connectivity index (χ4n) is 2.31. The highest BCUT2D eigenvalue weighted by Gasteiger charge is 2.06. The number of hydrogen-bond acceptors (Lipinski definition) is 4. The van der Waals surface area contributed by atoms with Crippen LogP contribution in [0.2, 0.25) is 0 Å². The maximum Gasteiger partial charge on any atom is 0.209 e. The van der Waals surface area contributed by atoms with Crippen molar-refractivity contribution < 1.29 is 4.21 Å². The van der Waals surface area contributed by atoms with Crippen LogP contribution >= 0.6 is 0 Å². The quantitative estimate of drug-likeness (QED) is 0.309. The van der Waals surface area contributed by atoms with E-state index >= 15 is 0 Å². The number of rotatable bonds is 5. The molecule has 3 rings (SSSR count). The number of guanidine groups is 1. The average Bonchev–Trinajstić information content (AvgIpc) is 2.73. The topological polar surface area (TPSA) is 90.2 Å². The summed E-state index contributed by atoms with van der Waals surface area (Å²) in [6.07, 6.45) is 5.17. The molecule has 0 spiro atoms. The highest BCUT2D eigenvalue weighted by atomic mass is 32.2. The molecular weight excluding hydrogens is 358 g/mol. The van der Waals surface area contributed by atoms with Gasteiger partial charge in [-0.2, -0.15) is 5.26 Å². The van der Waals surface area contributed by atoms with E-state index in [9.17, 15) is 4.21 Å². The summed E-state index contributed by atoms with van der Waals surface area (Å²) in [5.41, 5.74) is 1.67. The summed E-state index contributed by atoms with van der Waals surface area (Å²) >= 11 is 0. The van der Waals surface area contributed by atoms with Crippen LogP contribution in [0.4, 0.5) is 5.69 Å². The van der Waals surface area contributed by atoms with Gasteiger partial charge in [0.25, 0.3) is 0 Å². The summed E-state index contributed by atoms with van der Waals surface area (Å²) in [6.45, 7) is 0.371. The van der Waals surface area contributed by atoms with Gasteiger partial charge in [-0.1, -0.05) is 30.3 Å². The van der Waals surface area contributed by atoms with Crippen LogP contribution in [0.25, 0.3) is 0 Å². The molecular formula is C20H17N5OS. The predicted octanol–water partition coefficient (Wildman–Crippen LogP) is 3.29. The summed E-state index contributed by atoms with van der Waals surface area (Å²) in [5.74, 6) is 0.336. The molecule has 134 valence electrons. The van der Waals surface area contributed by atoms with Gasteiger partial charge in [0.15, 0.2) is 6.19 Å². The second kappa shape index (κ2) is 9.27. The Morgan fingerprint density at radius 2 is 1.78 bits per heavy atom. The summed E-state index contributed by atoms with van der Waals surface area (Å²) in [7, 11) is -1.21. The summed E-state index contributed by atoms with van der Waals surface area (Å²) in [6, 6.07) is 20.4. The van der Waals surface area contributed by atoms with Crippen LogP contribution in [0.1, 0.15) is 5.56 Å². The molecule has 2 N–H and O–H groups in total. The van der Waals surface area contributed by atoms with Gasteiger partial charge in [-0.3, -0.25) is 10.3 Å². The van der Waals surface area contributed by atoms with Crippen LogP contribution in [-0.2, 0) is 17.3 Å². The Kier molecular flexibility index (Phi) is 6.28. The van der Waals surface area contributed by atoms with Crippen LogP contribution < -0.4 is 10.6 Å². The Hall–Kier alpha value is -3.50. The summed E-state index contributed by atoms with van der Waals surface area (Å²) in [4.78, 5) is 9.89. The Balaban J connectivity index is 1.68. The van der Waals surface area contributed by atoms with E-state index in [1.165, 1.54) is 0 Å². The summed E-state index contributed by atoms with van der Waals surface area (Å²) < 4.78 is 12.5. The number of hydrogen-bond donors (Lipinski definition) is 2. The number of aromatic nitrogens is 1. The number of nitrogens with one attached hydrogen (secondary N) is 2. The van der Waals surface area contributed by atoms with Gasteiger partial charge in [-0.15, -0.1) is 0 Å². The van der Waals surface area contributed by atoms with E-state index in [0.29, 0.717) is 12.5 Å². The number of nitrogens with zero attached hydrogens (tertiary/aromatic N) is 3. The molecule has 0 fully saturated rings. The molecule has 0 aliphatic rings. The lowest BCUT2D eigenvalue weighted by Crippen LogP contribution is -2.26. The minimum atomic E-state index is -1.21. The van der Waals surface area contributed by atoms with Crippen LogP contribution in [0.15, 0.2) is 93.9 Å². The van der Waals surface area contributed by atoms with E-state index < -0.39 is 10.8 Å². The Morgan fingerprint density at radius 1 is 1.04 bits per heavy atom. The van der Waals surface area contributed by atoms with Crippen molar-refractivity contribution in [1.29, 1.82) is 5.26 Å². The smallest absolute Gasteiger partial charge is 0.209 e. The van der Waals surface area contributed by atoms with Gasteiger partial charge in [0.05, 0.1) is 29.2 Å². The van der Waals surface area contributed by atoms with Gasteiger partial charge in [0, 0.05) is 16.0 Å². The van der Waals surface area contributed by atoms with Gasteiger partial charge in [-0.05, 0) is 42.0 Å². The minimum absolute atomic E-state index is 0.336. The molecule has 7 heteroatoms. The predicted molar refractivity (Wildman–Crippen MR) is 105 cm³/mol. The monoisotopic (exact) mass is 375 g/mol. The molecule has 0 aliphatic carbocycles. The Labute approximate surface area is 160 Å². The molecule has 3 aromatic rings. The largest absolute Gasteiger partial charge is 0.324 e. The first-order valence-corrected chi connectivity index (χ1v) is 9.33. The maximum absolute atomic E-state index is 12.5. The molecule has 0 aliphatic heterocycles. The highest BCUT2D eigenvalue weighted by Crippen LogP contribution is 2.17. The fourth-order valence-corrected chi connectivity index (χ4v) is 3.37. The van der Waals surface area contributed by atoms with E-state index in [0.717, 1.165) is 21.0 Å². The fraction of sp³-hybridized carbons (Fsp3) is 0.0500. The first-order chi connectivity index (χ1) is 13.3. The van der Waals surface area contributed by atoms with Crippen molar-refractivity contribution in [2.75, 3.05) is 5.32 Å². The van der Waals surface area contributed by atoms with E-state index in [1.807, 2.05) is 66.9 Å². The molecule has 2 aromatic carbocycles. The Morgan fingerprint density at radius 3 is 2.44 bits per heavy atom. The third-order valence-corrected chi connectivity index (χ3v) is 5.01. The zero-order valence-corrected chi connectivity index (χ0v) is 15.2. The standard InChI is InChI=1S/C20H17N5OS/c21-15-24-20(25-17-5-4-12-22-14-17)23-13-16-8-10-19(11-9-16)27(26)18-6-2-1-3-7-18/h1-12,14H,13H2,(H2,23,24,25). The molecule has 0 saturated heterocycles. The van der Waals surface area contributed by atoms with Crippen molar-refractivity contribution in [2.24, 2.45) is 4.99 Å². The molecule has 0 bridgehead atoms. The zero-order valence-electron chi connectivity index (χ0n) is 14.4. The molecule has 1 atom stereocenters. The molecule has 6 nitrogen and oxygen atoms in total. The molecule has 27 heavy (non-hydrogen) atoms. The molecule has 0 amide bonds. The van der Waals surface area contributed by atoms with Crippen LogP contribution in [0, 0.1) is 11.5 Å². The maximum atomic E-state index is 12.5. The second-order valence-corrected chi connectivity index (χ2v) is 6.97. The molecule has 1 unspecified atom stereocenters. The molecule has 0 radical (unpaired) electrons. The Bertz CT molecular complexity index is 967. The number of anilines is 1. The van der Waals surface area contributed by atoms with Gasteiger partial charge in [-0.25, -0.2) is 9.20 Å². The lowest BCUT2D eigenvalue weighted by atomic mass is 10.2. The van der Waals surface area contributed by atoms with Gasteiger partial charge < -0.3 is 5.32 Å². The highest BCUT2D eigenvalue weighted by molar-refractivity contribution is 7.85. The molecule has 0 saturated carbocycles. The lowest BCUT2D eigenvalue weighted by molar-refractivity contribution is 0.683. The first-order valence-electron chi connectivity index (χ1n) is 8.18. The second-order valence-electron chi connectivity index (χ2n) is 5.49. The molecule has 1 heterocycles. The van der Waals surface area contributed by atoms with Crippen molar-refractivity contribution in [2.45, 2.75) is 16.3 Å². The number of aliphatic imine (C=N–C) groups is 1. The first kappa shape index (κ1) is 18.3. The van der Waals surface area contributed by atoms with E-state index in [-0.39, 0.29) is 0 Å². The minimum Gasteiger partial charge on any atom is -0.324 e. The van der Waals surface area contributed by atoms with Gasteiger partial charge in [0.2, 0.25) is 5.96 Å².